The number of nitrogen functional groups attached to an aromatic ring is 1. The Labute approximate surface area is 310 Å². The second kappa shape index (κ2) is 13.1. The maximum absolute atomic E-state index is 13.2. The van der Waals surface area contributed by atoms with Crippen molar-refractivity contribution in [2.75, 3.05) is 10.6 Å². The zero-order valence-corrected chi connectivity index (χ0v) is 29.8. The highest BCUT2D eigenvalue weighted by molar-refractivity contribution is 7.86. The van der Waals surface area contributed by atoms with Crippen LogP contribution in [0.4, 0.5) is 34.1 Å². The lowest BCUT2D eigenvalue weighted by Gasteiger charge is -2.13. The van der Waals surface area contributed by atoms with E-state index in [-0.39, 0.29) is 49.7 Å². The zero-order chi connectivity index (χ0) is 39.6. The number of phenolic OH excluding ortho intramolecular Hbond substituents is 1. The van der Waals surface area contributed by atoms with Crippen LogP contribution in [0.5, 0.6) is 5.75 Å². The molecule has 2 amide bonds. The highest BCUT2D eigenvalue weighted by atomic mass is 32.2. The van der Waals surface area contributed by atoms with Crippen molar-refractivity contribution < 1.29 is 53.6 Å². The third-order valence-corrected chi connectivity index (χ3v) is 11.0. The summed E-state index contributed by atoms with van der Waals surface area (Å²) < 4.78 is 102. The van der Waals surface area contributed by atoms with E-state index in [0.717, 1.165) is 35.2 Å². The molecule has 6 aromatic carbocycles. The Balaban J connectivity index is 1.31. The molecule has 0 unspecified atom stereocenters. The number of rotatable bonds is 8. The van der Waals surface area contributed by atoms with E-state index >= 15 is 0 Å². The van der Waals surface area contributed by atoms with Gasteiger partial charge in [-0.3, -0.25) is 23.2 Å². The van der Waals surface area contributed by atoms with Crippen LogP contribution in [0.25, 0.3) is 21.5 Å². The van der Waals surface area contributed by atoms with Crippen LogP contribution in [-0.2, 0) is 30.4 Å². The Morgan fingerprint density at radius 1 is 0.564 bits per heavy atom. The number of carbonyl (C=O) groups is 2. The first-order chi connectivity index (χ1) is 25.8. The molecule has 0 fully saturated rings. The standard InChI is InChI=1S/C34H22N6O12S3/c35-26-16-23-17(12-29(26)54(47,48)49)13-30(55(50,51)52)31(32(23)41)39-38-28-11-10-27(21-9-7-20(15-24(21)28)53(44,45)46)37-36-18-6-8-22-25(14-18)34(43)40(33(22)42)19-4-2-1-3-5-19/h1-16,41H,35H2,(H,44,45,46)(H,47,48,49)(H,50,51,52)/b37-36+,39-38+. The van der Waals surface area contributed by atoms with Crippen molar-refractivity contribution in [1.82, 2.24) is 0 Å². The van der Waals surface area contributed by atoms with Gasteiger partial charge in [0.25, 0.3) is 42.2 Å². The van der Waals surface area contributed by atoms with Crippen LogP contribution in [0.3, 0.4) is 0 Å². The van der Waals surface area contributed by atoms with Crippen molar-refractivity contribution in [2.24, 2.45) is 20.5 Å². The number of fused-ring (bicyclic) bond motifs is 3. The lowest BCUT2D eigenvalue weighted by atomic mass is 10.1. The number of anilines is 2. The molecule has 0 aliphatic carbocycles. The SMILES string of the molecule is Nc1cc2c(O)c(/N=N/c3ccc(/N=N/c4ccc5c(c4)C(=O)N(c4ccccc4)C5=O)c4ccc(S(=O)(=O)O)cc34)c(S(=O)(=O)O)cc2cc1S(=O)(=O)O. The predicted molar refractivity (Wildman–Crippen MR) is 196 cm³/mol. The largest absolute Gasteiger partial charge is 0.505 e. The highest BCUT2D eigenvalue weighted by Gasteiger charge is 2.36. The number of hydrogen-bond acceptors (Lipinski definition) is 14. The number of azo groups is 2. The van der Waals surface area contributed by atoms with Crippen molar-refractivity contribution in [3.8, 4) is 5.75 Å². The lowest BCUT2D eigenvalue weighted by Crippen LogP contribution is -2.29. The lowest BCUT2D eigenvalue weighted by molar-refractivity contribution is 0.0926. The number of benzene rings is 6. The van der Waals surface area contributed by atoms with Gasteiger partial charge in [-0.25, -0.2) is 4.90 Å². The summed E-state index contributed by atoms with van der Waals surface area (Å²) in [5.74, 6) is -2.00. The normalized spacial score (nSPS) is 13.8. The van der Waals surface area contributed by atoms with Gasteiger partial charge in [0.2, 0.25) is 0 Å². The number of hydrogen-bond donors (Lipinski definition) is 5. The fourth-order valence-electron chi connectivity index (χ4n) is 5.86. The summed E-state index contributed by atoms with van der Waals surface area (Å²) in [4.78, 5) is 24.8. The number of para-hydroxylation sites is 1. The fourth-order valence-corrected chi connectivity index (χ4v) is 7.65. The van der Waals surface area contributed by atoms with Gasteiger partial charge in [0.05, 0.1) is 44.5 Å². The molecule has 1 aliphatic heterocycles. The summed E-state index contributed by atoms with van der Waals surface area (Å²) in [6.45, 7) is 0. The van der Waals surface area contributed by atoms with Crippen LogP contribution in [0.15, 0.2) is 132 Å². The maximum atomic E-state index is 13.2. The molecule has 1 heterocycles. The molecule has 0 spiro atoms. The smallest absolute Gasteiger partial charge is 0.296 e. The third kappa shape index (κ3) is 6.78. The number of amides is 2. The summed E-state index contributed by atoms with van der Waals surface area (Å²) in [5, 5.41) is 26.9. The molecular weight excluding hydrogens is 781 g/mol. The van der Waals surface area contributed by atoms with Crippen molar-refractivity contribution in [2.45, 2.75) is 14.7 Å². The van der Waals surface area contributed by atoms with Crippen molar-refractivity contribution >= 4 is 97.8 Å². The molecule has 0 saturated heterocycles. The molecule has 278 valence electrons. The quantitative estimate of drug-likeness (QED) is 0.0466. The minimum atomic E-state index is -5.19. The molecule has 55 heavy (non-hydrogen) atoms. The molecule has 7 rings (SSSR count). The molecule has 0 radical (unpaired) electrons. The number of aromatic hydroxyl groups is 1. The van der Waals surface area contributed by atoms with E-state index in [9.17, 15) is 53.6 Å². The van der Waals surface area contributed by atoms with Gasteiger partial charge in [0, 0.05) is 16.2 Å². The summed E-state index contributed by atoms with van der Waals surface area (Å²) in [6, 6.07) is 21.0. The van der Waals surface area contributed by atoms with Gasteiger partial charge in [0.15, 0.2) is 5.75 Å². The molecule has 0 bridgehead atoms. The van der Waals surface area contributed by atoms with Gasteiger partial charge in [-0.05, 0) is 78.2 Å². The Bertz CT molecular complexity index is 3080. The minimum Gasteiger partial charge on any atom is -0.505 e. The predicted octanol–water partition coefficient (Wildman–Crippen LogP) is 6.65. The number of nitrogens with zero attached hydrogens (tertiary/aromatic N) is 5. The van der Waals surface area contributed by atoms with E-state index in [1.807, 2.05) is 0 Å². The topological polar surface area (TPSA) is 296 Å². The van der Waals surface area contributed by atoms with Crippen LogP contribution >= 0.6 is 0 Å². The van der Waals surface area contributed by atoms with Crippen molar-refractivity contribution in [3.05, 3.63) is 108 Å². The van der Waals surface area contributed by atoms with Crippen LogP contribution in [-0.4, -0.2) is 55.8 Å². The molecule has 6 N–H and O–H groups in total. The molecule has 0 aromatic heterocycles. The van der Waals surface area contributed by atoms with Gasteiger partial charge in [-0.2, -0.15) is 30.4 Å². The van der Waals surface area contributed by atoms with Crippen molar-refractivity contribution in [3.63, 3.8) is 0 Å². The Hall–Kier alpha value is -6.49. The molecule has 21 heteroatoms. The fraction of sp³-hybridized carbons (Fsp3) is 0. The highest BCUT2D eigenvalue weighted by Crippen LogP contribution is 2.44. The van der Waals surface area contributed by atoms with E-state index < -0.39 is 74.0 Å². The summed E-state index contributed by atoms with van der Waals surface area (Å²) in [5.41, 5.74) is 5.16. The molecule has 1 aliphatic rings. The summed E-state index contributed by atoms with van der Waals surface area (Å²) in [6.07, 6.45) is 0. The Morgan fingerprint density at radius 2 is 1.18 bits per heavy atom. The molecule has 6 aromatic rings. The van der Waals surface area contributed by atoms with Gasteiger partial charge in [-0.15, -0.1) is 15.3 Å². The molecule has 0 saturated carbocycles. The first kappa shape index (κ1) is 36.9. The number of carbonyl (C=O) groups excluding carboxylic acids is 2. The zero-order valence-electron chi connectivity index (χ0n) is 27.3. The molecule has 18 nitrogen and oxygen atoms in total. The van der Waals surface area contributed by atoms with Gasteiger partial charge >= 0.3 is 0 Å². The average Bonchev–Trinajstić information content (AvgIpc) is 3.37. The third-order valence-electron chi connectivity index (χ3n) is 8.39. The van der Waals surface area contributed by atoms with Gasteiger partial charge in [-0.1, -0.05) is 24.3 Å². The van der Waals surface area contributed by atoms with Crippen LogP contribution in [0.1, 0.15) is 20.7 Å². The second-order valence-corrected chi connectivity index (χ2v) is 16.0. The first-order valence-corrected chi connectivity index (χ1v) is 19.6. The van der Waals surface area contributed by atoms with Crippen LogP contribution in [0.2, 0.25) is 0 Å². The summed E-state index contributed by atoms with van der Waals surface area (Å²) in [7, 11) is -14.8. The van der Waals surface area contributed by atoms with Gasteiger partial charge in [0.1, 0.15) is 15.5 Å². The molecule has 0 atom stereocenters. The van der Waals surface area contributed by atoms with E-state index in [0.29, 0.717) is 5.69 Å². The van der Waals surface area contributed by atoms with Crippen molar-refractivity contribution in [1.29, 1.82) is 0 Å². The van der Waals surface area contributed by atoms with Gasteiger partial charge < -0.3 is 10.8 Å². The van der Waals surface area contributed by atoms with E-state index in [1.54, 1.807) is 30.3 Å². The second-order valence-electron chi connectivity index (χ2n) is 11.8. The Kier molecular flexibility index (Phi) is 8.79. The number of nitrogens with two attached hydrogens (primary N) is 1. The van der Waals surface area contributed by atoms with E-state index in [1.165, 1.54) is 36.4 Å². The average molecular weight is 803 g/mol. The molecular formula is C34H22N6O12S3. The minimum absolute atomic E-state index is 0.0284. The summed E-state index contributed by atoms with van der Waals surface area (Å²) >= 11 is 0. The van der Waals surface area contributed by atoms with Crippen LogP contribution in [0, 0.1) is 0 Å². The maximum Gasteiger partial charge on any atom is 0.296 e. The van der Waals surface area contributed by atoms with E-state index in [4.69, 9.17) is 5.73 Å². The number of imide groups is 1. The number of phenols is 1. The van der Waals surface area contributed by atoms with Crippen LogP contribution < -0.4 is 10.6 Å². The monoisotopic (exact) mass is 802 g/mol. The first-order valence-electron chi connectivity index (χ1n) is 15.3. The van der Waals surface area contributed by atoms with E-state index in [2.05, 4.69) is 20.5 Å². The Morgan fingerprint density at radius 3 is 1.84 bits per heavy atom.